The molecule has 0 atom stereocenters. The predicted octanol–water partition coefficient (Wildman–Crippen LogP) is 2.91. The van der Waals surface area contributed by atoms with Gasteiger partial charge in [0.1, 0.15) is 0 Å². The number of aromatic amines is 1. The average Bonchev–Trinajstić information content (AvgIpc) is 2.57. The molecule has 2 nitrogen and oxygen atoms in total. The molecule has 0 radical (unpaired) electrons. The number of H-pyrrole nitrogens is 1. The minimum atomic E-state index is 0.783. The zero-order valence-corrected chi connectivity index (χ0v) is 8.50. The topological polar surface area (TPSA) is 28.7 Å². The Hall–Kier alpha value is -0.150. The molecule has 1 rings (SSSR count). The number of imidazole rings is 1. The molecule has 68 valence electrons. The molecule has 0 aliphatic rings. The molecule has 0 bridgehead atoms. The van der Waals surface area contributed by atoms with Crippen LogP contribution in [0.1, 0.15) is 19.3 Å². The van der Waals surface area contributed by atoms with Crippen LogP contribution in [-0.2, 0) is 0 Å². The zero-order chi connectivity index (χ0) is 8.65. The monoisotopic (exact) mass is 204 g/mol. The largest absolute Gasteiger partial charge is 0.340 e. The van der Waals surface area contributed by atoms with Crippen LogP contribution >= 0.6 is 23.4 Å². The van der Waals surface area contributed by atoms with E-state index in [1.165, 1.54) is 12.8 Å². The van der Waals surface area contributed by atoms with Gasteiger partial charge in [-0.2, -0.15) is 0 Å². The standard InChI is InChI=1S/C8H13ClN2S/c9-4-2-1-3-7-12-8-10-5-6-11-8/h5-6H,1-4,7H2,(H,10,11). The van der Waals surface area contributed by atoms with Gasteiger partial charge in [0.2, 0.25) is 0 Å². The smallest absolute Gasteiger partial charge is 0.165 e. The van der Waals surface area contributed by atoms with Gasteiger partial charge in [0.25, 0.3) is 0 Å². The van der Waals surface area contributed by atoms with Gasteiger partial charge in [-0.05, 0) is 12.8 Å². The van der Waals surface area contributed by atoms with Crippen molar-refractivity contribution in [2.24, 2.45) is 0 Å². The van der Waals surface area contributed by atoms with Gasteiger partial charge in [-0.15, -0.1) is 11.6 Å². The molecule has 0 unspecified atom stereocenters. The minimum Gasteiger partial charge on any atom is -0.340 e. The second kappa shape index (κ2) is 6.38. The third-order valence-corrected chi connectivity index (χ3v) is 2.75. The summed E-state index contributed by atoms with van der Waals surface area (Å²) in [5, 5.41) is 1.01. The fraction of sp³-hybridized carbons (Fsp3) is 0.625. The van der Waals surface area contributed by atoms with Crippen molar-refractivity contribution in [3.8, 4) is 0 Å². The van der Waals surface area contributed by atoms with Crippen molar-refractivity contribution < 1.29 is 0 Å². The lowest BCUT2D eigenvalue weighted by Crippen LogP contribution is -1.83. The van der Waals surface area contributed by atoms with Crippen LogP contribution in [0.25, 0.3) is 0 Å². The van der Waals surface area contributed by atoms with Crippen molar-refractivity contribution in [2.45, 2.75) is 24.4 Å². The number of unbranched alkanes of at least 4 members (excludes halogenated alkanes) is 2. The van der Waals surface area contributed by atoms with E-state index in [0.717, 1.165) is 23.2 Å². The number of hydrogen-bond acceptors (Lipinski definition) is 2. The van der Waals surface area contributed by atoms with Crippen molar-refractivity contribution in [3.05, 3.63) is 12.4 Å². The summed E-state index contributed by atoms with van der Waals surface area (Å²) in [6.45, 7) is 0. The van der Waals surface area contributed by atoms with Gasteiger partial charge in [0, 0.05) is 24.0 Å². The third kappa shape index (κ3) is 4.02. The number of nitrogens with zero attached hydrogens (tertiary/aromatic N) is 1. The molecule has 1 aromatic rings. The summed E-state index contributed by atoms with van der Waals surface area (Å²) in [7, 11) is 0. The molecule has 1 N–H and O–H groups in total. The Balaban J connectivity index is 1.96. The molecule has 0 aromatic carbocycles. The van der Waals surface area contributed by atoms with Crippen LogP contribution < -0.4 is 0 Å². The van der Waals surface area contributed by atoms with Crippen molar-refractivity contribution in [2.75, 3.05) is 11.6 Å². The quantitative estimate of drug-likeness (QED) is 0.439. The highest BCUT2D eigenvalue weighted by atomic mass is 35.5. The number of aromatic nitrogens is 2. The van der Waals surface area contributed by atoms with Crippen molar-refractivity contribution in [3.63, 3.8) is 0 Å². The van der Waals surface area contributed by atoms with Gasteiger partial charge in [0.15, 0.2) is 5.16 Å². The number of alkyl halides is 1. The van der Waals surface area contributed by atoms with E-state index in [2.05, 4.69) is 9.97 Å². The Morgan fingerprint density at radius 1 is 1.42 bits per heavy atom. The van der Waals surface area contributed by atoms with Crippen LogP contribution in [0, 0.1) is 0 Å². The molecule has 0 saturated carbocycles. The SMILES string of the molecule is ClCCCCCSc1ncc[nH]1. The van der Waals surface area contributed by atoms with E-state index in [-0.39, 0.29) is 0 Å². The minimum absolute atomic E-state index is 0.783. The Labute approximate surface area is 82.1 Å². The van der Waals surface area contributed by atoms with Crippen LogP contribution in [0.15, 0.2) is 17.6 Å². The van der Waals surface area contributed by atoms with E-state index in [4.69, 9.17) is 11.6 Å². The molecule has 1 aromatic heterocycles. The van der Waals surface area contributed by atoms with Crippen molar-refractivity contribution in [1.82, 2.24) is 9.97 Å². The maximum atomic E-state index is 5.55. The molecule has 0 spiro atoms. The zero-order valence-electron chi connectivity index (χ0n) is 6.92. The van der Waals surface area contributed by atoms with E-state index in [9.17, 15) is 0 Å². The van der Waals surface area contributed by atoms with Crippen LogP contribution in [0.2, 0.25) is 0 Å². The van der Waals surface area contributed by atoms with E-state index < -0.39 is 0 Å². The summed E-state index contributed by atoms with van der Waals surface area (Å²) >= 11 is 7.32. The molecular formula is C8H13ClN2S. The number of halogens is 1. The van der Waals surface area contributed by atoms with Crippen LogP contribution in [0.5, 0.6) is 0 Å². The molecule has 4 heteroatoms. The molecular weight excluding hydrogens is 192 g/mol. The summed E-state index contributed by atoms with van der Waals surface area (Å²) in [6.07, 6.45) is 7.19. The summed E-state index contributed by atoms with van der Waals surface area (Å²) < 4.78 is 0. The maximum absolute atomic E-state index is 5.55. The Morgan fingerprint density at radius 3 is 3.00 bits per heavy atom. The lowest BCUT2D eigenvalue weighted by molar-refractivity contribution is 0.782. The molecule has 12 heavy (non-hydrogen) atoms. The average molecular weight is 205 g/mol. The van der Waals surface area contributed by atoms with Crippen LogP contribution in [0.3, 0.4) is 0 Å². The molecule has 0 aliphatic heterocycles. The first kappa shape index (κ1) is 9.93. The van der Waals surface area contributed by atoms with Gasteiger partial charge in [0.05, 0.1) is 0 Å². The molecule has 0 aliphatic carbocycles. The van der Waals surface area contributed by atoms with Crippen molar-refractivity contribution in [1.29, 1.82) is 0 Å². The van der Waals surface area contributed by atoms with Gasteiger partial charge < -0.3 is 4.98 Å². The Morgan fingerprint density at radius 2 is 2.33 bits per heavy atom. The summed E-state index contributed by atoms with van der Waals surface area (Å²) in [4.78, 5) is 7.17. The highest BCUT2D eigenvalue weighted by Crippen LogP contribution is 2.14. The second-order valence-electron chi connectivity index (χ2n) is 2.49. The fourth-order valence-electron chi connectivity index (χ4n) is 0.872. The molecule has 0 saturated heterocycles. The van der Waals surface area contributed by atoms with Crippen LogP contribution in [0.4, 0.5) is 0 Å². The first-order valence-corrected chi connectivity index (χ1v) is 5.63. The normalized spacial score (nSPS) is 10.4. The van der Waals surface area contributed by atoms with E-state index in [0.29, 0.717) is 0 Å². The maximum Gasteiger partial charge on any atom is 0.165 e. The highest BCUT2D eigenvalue weighted by Gasteiger charge is 1.94. The van der Waals surface area contributed by atoms with E-state index in [1.54, 1.807) is 18.0 Å². The van der Waals surface area contributed by atoms with Crippen LogP contribution in [-0.4, -0.2) is 21.6 Å². The first-order valence-electron chi connectivity index (χ1n) is 4.11. The van der Waals surface area contributed by atoms with Gasteiger partial charge >= 0.3 is 0 Å². The summed E-state index contributed by atoms with van der Waals surface area (Å²) in [6, 6.07) is 0. The van der Waals surface area contributed by atoms with Gasteiger partial charge in [-0.1, -0.05) is 18.2 Å². The highest BCUT2D eigenvalue weighted by molar-refractivity contribution is 7.99. The van der Waals surface area contributed by atoms with Crippen molar-refractivity contribution >= 4 is 23.4 Å². The van der Waals surface area contributed by atoms with E-state index in [1.807, 2.05) is 6.20 Å². The summed E-state index contributed by atoms with van der Waals surface area (Å²) in [5.74, 6) is 1.91. The Kier molecular flexibility index (Phi) is 5.28. The molecule has 1 heterocycles. The number of thioether (sulfide) groups is 1. The lowest BCUT2D eigenvalue weighted by atomic mass is 10.3. The Bertz CT molecular complexity index is 189. The summed E-state index contributed by atoms with van der Waals surface area (Å²) in [5.41, 5.74) is 0. The number of rotatable bonds is 6. The molecule has 0 fully saturated rings. The second-order valence-corrected chi connectivity index (χ2v) is 3.95. The lowest BCUT2D eigenvalue weighted by Gasteiger charge is -1.96. The van der Waals surface area contributed by atoms with Gasteiger partial charge in [-0.3, -0.25) is 0 Å². The number of nitrogens with one attached hydrogen (secondary N) is 1. The van der Waals surface area contributed by atoms with E-state index >= 15 is 0 Å². The number of hydrogen-bond donors (Lipinski definition) is 1. The molecule has 0 amide bonds. The third-order valence-electron chi connectivity index (χ3n) is 1.49. The predicted molar refractivity (Wildman–Crippen MR) is 53.9 cm³/mol. The van der Waals surface area contributed by atoms with Gasteiger partial charge in [-0.25, -0.2) is 4.98 Å². The first-order chi connectivity index (χ1) is 5.93. The fourth-order valence-corrected chi connectivity index (χ4v) is 1.89.